The summed E-state index contributed by atoms with van der Waals surface area (Å²) in [7, 11) is 0. The summed E-state index contributed by atoms with van der Waals surface area (Å²) < 4.78 is 0. The Bertz CT molecular complexity index is 406. The molecule has 0 amide bonds. The fourth-order valence-electron chi connectivity index (χ4n) is 1.71. The van der Waals surface area contributed by atoms with Crippen LogP contribution in [0.25, 0.3) is 0 Å². The second-order valence-electron chi connectivity index (χ2n) is 4.81. The van der Waals surface area contributed by atoms with Crippen LogP contribution in [0.1, 0.15) is 25.5 Å². The summed E-state index contributed by atoms with van der Waals surface area (Å²) in [5.74, 6) is 0.258. The van der Waals surface area contributed by atoms with Crippen LogP contribution in [0, 0.1) is 16.0 Å². The monoisotopic (exact) mass is 268 g/mol. The highest BCUT2D eigenvalue weighted by Gasteiger charge is 2.15. The maximum absolute atomic E-state index is 10.5. The fraction of sp³-hybridized carbons (Fsp3) is 0.538. The molecule has 19 heavy (non-hydrogen) atoms. The Morgan fingerprint density at radius 3 is 2.32 bits per heavy atom. The molecule has 0 aliphatic heterocycles. The summed E-state index contributed by atoms with van der Waals surface area (Å²) in [6.45, 7) is 4.25. The van der Waals surface area contributed by atoms with Crippen molar-refractivity contribution in [2.45, 2.75) is 26.0 Å². The molecule has 2 atom stereocenters. The third kappa shape index (κ3) is 4.59. The van der Waals surface area contributed by atoms with Gasteiger partial charge in [0, 0.05) is 24.7 Å². The smallest absolute Gasteiger partial charge is 0.269 e. The maximum Gasteiger partial charge on any atom is 0.269 e. The van der Waals surface area contributed by atoms with Crippen LogP contribution in [0.4, 0.5) is 5.69 Å². The van der Waals surface area contributed by atoms with Crippen molar-refractivity contribution in [3.05, 3.63) is 39.9 Å². The van der Waals surface area contributed by atoms with Crippen molar-refractivity contribution in [2.24, 2.45) is 5.92 Å². The first-order chi connectivity index (χ1) is 8.95. The molecule has 0 heterocycles. The summed E-state index contributed by atoms with van der Waals surface area (Å²) in [6, 6.07) is 5.73. The van der Waals surface area contributed by atoms with Gasteiger partial charge in [-0.1, -0.05) is 13.8 Å². The van der Waals surface area contributed by atoms with Crippen LogP contribution in [0.3, 0.4) is 0 Å². The number of non-ortho nitro benzene ring substituents is 1. The number of nitro benzene ring substituents is 1. The second-order valence-corrected chi connectivity index (χ2v) is 4.81. The minimum absolute atomic E-state index is 0.000626. The van der Waals surface area contributed by atoms with Crippen molar-refractivity contribution < 1.29 is 15.1 Å². The molecule has 6 heteroatoms. The summed E-state index contributed by atoms with van der Waals surface area (Å²) in [5.41, 5.74) is 0.609. The minimum atomic E-state index is -0.756. The van der Waals surface area contributed by atoms with E-state index in [1.165, 1.54) is 24.3 Å². The number of benzene rings is 1. The standard InChI is InChI=1S/C13H20N2O4/c1-9(2)12(8-16)14-7-13(17)10-3-5-11(6-4-10)15(18)19/h3-6,9,12-14,16-17H,7-8H2,1-2H3/t12-,13?/m1/s1. The van der Waals surface area contributed by atoms with Gasteiger partial charge in [0.25, 0.3) is 5.69 Å². The number of hydrogen-bond donors (Lipinski definition) is 3. The molecule has 0 saturated carbocycles. The van der Waals surface area contributed by atoms with Gasteiger partial charge in [-0.15, -0.1) is 0 Å². The Morgan fingerprint density at radius 1 is 1.32 bits per heavy atom. The Labute approximate surface area is 112 Å². The molecule has 0 aromatic heterocycles. The van der Waals surface area contributed by atoms with E-state index >= 15 is 0 Å². The van der Waals surface area contributed by atoms with Crippen molar-refractivity contribution >= 4 is 5.69 Å². The minimum Gasteiger partial charge on any atom is -0.395 e. The van der Waals surface area contributed by atoms with Gasteiger partial charge in [-0.25, -0.2) is 0 Å². The lowest BCUT2D eigenvalue weighted by molar-refractivity contribution is -0.384. The van der Waals surface area contributed by atoms with E-state index < -0.39 is 11.0 Å². The predicted octanol–water partition coefficient (Wildman–Crippen LogP) is 1.23. The van der Waals surface area contributed by atoms with Gasteiger partial charge in [0.1, 0.15) is 0 Å². The lowest BCUT2D eigenvalue weighted by Gasteiger charge is -2.22. The molecule has 0 aliphatic carbocycles. The highest BCUT2D eigenvalue weighted by molar-refractivity contribution is 5.33. The molecule has 1 rings (SSSR count). The zero-order chi connectivity index (χ0) is 14.4. The molecule has 1 aromatic carbocycles. The number of hydrogen-bond acceptors (Lipinski definition) is 5. The third-order valence-electron chi connectivity index (χ3n) is 3.06. The molecule has 1 unspecified atom stereocenters. The zero-order valence-corrected chi connectivity index (χ0v) is 11.1. The highest BCUT2D eigenvalue weighted by Crippen LogP contribution is 2.17. The van der Waals surface area contributed by atoms with Crippen LogP contribution < -0.4 is 5.32 Å². The number of nitrogens with one attached hydrogen (secondary N) is 1. The topological polar surface area (TPSA) is 95.6 Å². The normalized spacial score (nSPS) is 14.4. The number of rotatable bonds is 7. The molecule has 6 nitrogen and oxygen atoms in total. The van der Waals surface area contributed by atoms with E-state index in [0.717, 1.165) is 0 Å². The van der Waals surface area contributed by atoms with E-state index in [9.17, 15) is 15.2 Å². The van der Waals surface area contributed by atoms with Gasteiger partial charge in [-0.05, 0) is 23.6 Å². The van der Waals surface area contributed by atoms with Gasteiger partial charge in [0.15, 0.2) is 0 Å². The Hall–Kier alpha value is -1.50. The van der Waals surface area contributed by atoms with E-state index in [0.29, 0.717) is 12.1 Å². The van der Waals surface area contributed by atoms with Crippen LogP contribution in [-0.4, -0.2) is 34.3 Å². The van der Waals surface area contributed by atoms with Crippen molar-refractivity contribution in [3.63, 3.8) is 0 Å². The van der Waals surface area contributed by atoms with Crippen LogP contribution in [0.5, 0.6) is 0 Å². The first kappa shape index (κ1) is 15.6. The zero-order valence-electron chi connectivity index (χ0n) is 11.1. The van der Waals surface area contributed by atoms with Crippen molar-refractivity contribution in [3.8, 4) is 0 Å². The number of aliphatic hydroxyl groups is 2. The molecule has 0 spiro atoms. The molecule has 0 radical (unpaired) electrons. The summed E-state index contributed by atoms with van der Waals surface area (Å²) >= 11 is 0. The lowest BCUT2D eigenvalue weighted by Crippen LogP contribution is -2.39. The Morgan fingerprint density at radius 2 is 1.89 bits per heavy atom. The van der Waals surface area contributed by atoms with Gasteiger partial charge in [0.05, 0.1) is 17.6 Å². The van der Waals surface area contributed by atoms with Crippen molar-refractivity contribution in [1.29, 1.82) is 0 Å². The molecule has 106 valence electrons. The largest absolute Gasteiger partial charge is 0.395 e. The second kappa shape index (κ2) is 7.18. The molecule has 1 aromatic rings. The van der Waals surface area contributed by atoms with Gasteiger partial charge >= 0.3 is 0 Å². The van der Waals surface area contributed by atoms with Crippen LogP contribution in [0.15, 0.2) is 24.3 Å². The summed E-state index contributed by atoms with van der Waals surface area (Å²) in [4.78, 5) is 10.0. The number of nitrogens with zero attached hydrogens (tertiary/aromatic N) is 1. The van der Waals surface area contributed by atoms with E-state index in [-0.39, 0.29) is 24.3 Å². The maximum atomic E-state index is 10.5. The average Bonchev–Trinajstić information content (AvgIpc) is 2.38. The van der Waals surface area contributed by atoms with Crippen LogP contribution in [-0.2, 0) is 0 Å². The van der Waals surface area contributed by atoms with E-state index in [4.69, 9.17) is 5.11 Å². The molecule has 0 saturated heterocycles. The van der Waals surface area contributed by atoms with Gasteiger partial charge < -0.3 is 15.5 Å². The van der Waals surface area contributed by atoms with Crippen LogP contribution in [0.2, 0.25) is 0 Å². The molecule has 3 N–H and O–H groups in total. The molecular weight excluding hydrogens is 248 g/mol. The first-order valence-electron chi connectivity index (χ1n) is 6.22. The number of nitro groups is 1. The molecular formula is C13H20N2O4. The summed E-state index contributed by atoms with van der Waals surface area (Å²) in [6.07, 6.45) is -0.756. The highest BCUT2D eigenvalue weighted by atomic mass is 16.6. The van der Waals surface area contributed by atoms with E-state index in [1.54, 1.807) is 0 Å². The Kier molecular flexibility index (Phi) is 5.88. The van der Waals surface area contributed by atoms with Gasteiger partial charge in [-0.2, -0.15) is 0 Å². The predicted molar refractivity (Wildman–Crippen MR) is 71.8 cm³/mol. The lowest BCUT2D eigenvalue weighted by atomic mass is 10.0. The summed E-state index contributed by atoms with van der Waals surface area (Å²) in [5, 5.41) is 32.7. The molecule has 0 aliphatic rings. The molecule has 0 bridgehead atoms. The average molecular weight is 268 g/mol. The van der Waals surface area contributed by atoms with E-state index in [2.05, 4.69) is 5.32 Å². The first-order valence-corrected chi connectivity index (χ1v) is 6.22. The third-order valence-corrected chi connectivity index (χ3v) is 3.06. The van der Waals surface area contributed by atoms with Crippen LogP contribution >= 0.6 is 0 Å². The van der Waals surface area contributed by atoms with Gasteiger partial charge in [-0.3, -0.25) is 10.1 Å². The molecule has 0 fully saturated rings. The Balaban J connectivity index is 2.58. The SMILES string of the molecule is CC(C)[C@@H](CO)NCC(O)c1ccc([N+](=O)[O-])cc1. The van der Waals surface area contributed by atoms with Gasteiger partial charge in [0.2, 0.25) is 0 Å². The van der Waals surface area contributed by atoms with E-state index in [1.807, 2.05) is 13.8 Å². The van der Waals surface area contributed by atoms with Crippen molar-refractivity contribution in [1.82, 2.24) is 5.32 Å². The fourth-order valence-corrected chi connectivity index (χ4v) is 1.71. The van der Waals surface area contributed by atoms with Crippen molar-refractivity contribution in [2.75, 3.05) is 13.2 Å². The quantitative estimate of drug-likeness (QED) is 0.510. The number of aliphatic hydroxyl groups excluding tert-OH is 2.